The predicted molar refractivity (Wildman–Crippen MR) is 97.6 cm³/mol. The van der Waals surface area contributed by atoms with E-state index in [2.05, 4.69) is 18.8 Å². The molecule has 136 valence electrons. The number of rotatable bonds is 6. The molecule has 0 spiro atoms. The van der Waals surface area contributed by atoms with Crippen molar-refractivity contribution in [1.82, 2.24) is 4.98 Å². The van der Waals surface area contributed by atoms with Crippen LogP contribution in [-0.2, 0) is 16.3 Å². The van der Waals surface area contributed by atoms with Crippen molar-refractivity contribution in [2.75, 3.05) is 18.0 Å². The monoisotopic (exact) mass is 362 g/mol. The topological polar surface area (TPSA) is 63.4 Å². The van der Waals surface area contributed by atoms with Gasteiger partial charge in [0, 0.05) is 19.5 Å². The molecule has 0 atom stereocenters. The number of aryl methyl sites for hydroxylation is 1. The molecule has 0 amide bonds. The molecular formula is C19H26N2O3S. The van der Waals surface area contributed by atoms with Gasteiger partial charge in [-0.2, -0.15) is 4.98 Å². The van der Waals surface area contributed by atoms with Crippen molar-refractivity contribution < 1.29 is 12.8 Å². The van der Waals surface area contributed by atoms with Gasteiger partial charge >= 0.3 is 0 Å². The van der Waals surface area contributed by atoms with Crippen molar-refractivity contribution >= 4 is 15.7 Å². The molecule has 5 nitrogen and oxygen atoms in total. The van der Waals surface area contributed by atoms with Gasteiger partial charge in [-0.25, -0.2) is 8.42 Å². The van der Waals surface area contributed by atoms with Crippen LogP contribution < -0.4 is 4.90 Å². The Balaban J connectivity index is 2.00. The minimum absolute atomic E-state index is 0.0688. The second-order valence-corrected chi connectivity index (χ2v) is 8.67. The average Bonchev–Trinajstić information content (AvgIpc) is 3.06. The first kappa shape index (κ1) is 18.0. The molecule has 2 heterocycles. The summed E-state index contributed by atoms with van der Waals surface area (Å²) < 4.78 is 32.1. The number of benzene rings is 1. The Morgan fingerprint density at radius 2 is 1.88 bits per heavy atom. The van der Waals surface area contributed by atoms with Crippen molar-refractivity contribution in [3.8, 4) is 0 Å². The number of anilines is 1. The molecule has 0 unspecified atom stereocenters. The lowest BCUT2D eigenvalue weighted by Gasteiger charge is -2.30. The van der Waals surface area contributed by atoms with Gasteiger partial charge in [0.15, 0.2) is 5.89 Å². The van der Waals surface area contributed by atoms with E-state index in [1.807, 2.05) is 4.90 Å². The van der Waals surface area contributed by atoms with E-state index >= 15 is 0 Å². The third-order valence-corrected chi connectivity index (χ3v) is 6.41. The van der Waals surface area contributed by atoms with E-state index in [0.717, 1.165) is 38.8 Å². The molecular weight excluding hydrogens is 336 g/mol. The van der Waals surface area contributed by atoms with E-state index in [-0.39, 0.29) is 9.92 Å². The Morgan fingerprint density at radius 3 is 2.52 bits per heavy atom. The van der Waals surface area contributed by atoms with Crippen molar-refractivity contribution in [3.05, 3.63) is 36.2 Å². The Morgan fingerprint density at radius 1 is 1.20 bits per heavy atom. The summed E-state index contributed by atoms with van der Waals surface area (Å²) in [4.78, 5) is 6.69. The second kappa shape index (κ2) is 7.60. The third kappa shape index (κ3) is 3.89. The molecule has 0 bridgehead atoms. The Kier molecular flexibility index (Phi) is 5.47. The minimum atomic E-state index is -3.68. The van der Waals surface area contributed by atoms with Gasteiger partial charge in [0.1, 0.15) is 0 Å². The third-order valence-electron chi connectivity index (χ3n) is 4.75. The number of sulfone groups is 1. The highest BCUT2D eigenvalue weighted by Gasteiger charge is 2.32. The van der Waals surface area contributed by atoms with Crippen LogP contribution in [-0.4, -0.2) is 26.5 Å². The maximum Gasteiger partial charge on any atom is 0.236 e. The molecule has 6 heteroatoms. The molecule has 0 radical (unpaired) electrons. The van der Waals surface area contributed by atoms with E-state index in [4.69, 9.17) is 4.42 Å². The zero-order valence-electron chi connectivity index (χ0n) is 14.9. The highest BCUT2D eigenvalue weighted by atomic mass is 32.2. The first-order chi connectivity index (χ1) is 12.0. The molecule has 0 aliphatic carbocycles. The van der Waals surface area contributed by atoms with Gasteiger partial charge in [0.05, 0.1) is 4.90 Å². The van der Waals surface area contributed by atoms with Crippen LogP contribution in [0.1, 0.15) is 45.4 Å². The summed E-state index contributed by atoms with van der Waals surface area (Å²) in [5, 5.41) is 0.0688. The number of oxazole rings is 1. The molecule has 0 N–H and O–H groups in total. The molecule has 1 aliphatic rings. The number of aromatic nitrogens is 1. The van der Waals surface area contributed by atoms with E-state index in [1.54, 1.807) is 30.3 Å². The number of hydrogen-bond donors (Lipinski definition) is 0. The van der Waals surface area contributed by atoms with Crippen LogP contribution in [0.4, 0.5) is 5.88 Å². The summed E-state index contributed by atoms with van der Waals surface area (Å²) in [5.74, 6) is 1.60. The van der Waals surface area contributed by atoms with Gasteiger partial charge in [-0.15, -0.1) is 0 Å². The van der Waals surface area contributed by atoms with E-state index in [9.17, 15) is 8.42 Å². The SMILES string of the molecule is CCCCc1nc(S(=O)(=O)c2ccccc2)c(N2CCC(C)CC2)o1. The Bertz CT molecular complexity index is 791. The molecule has 0 saturated carbocycles. The van der Waals surface area contributed by atoms with Crippen molar-refractivity contribution in [2.24, 2.45) is 5.92 Å². The lowest BCUT2D eigenvalue weighted by Crippen LogP contribution is -2.33. The minimum Gasteiger partial charge on any atom is -0.424 e. The normalized spacial score (nSPS) is 16.3. The highest BCUT2D eigenvalue weighted by molar-refractivity contribution is 7.91. The maximum absolute atomic E-state index is 13.1. The first-order valence-electron chi connectivity index (χ1n) is 9.07. The fourth-order valence-electron chi connectivity index (χ4n) is 3.07. The maximum atomic E-state index is 13.1. The van der Waals surface area contributed by atoms with Gasteiger partial charge in [-0.3, -0.25) is 0 Å². The summed E-state index contributed by atoms with van der Waals surface area (Å²) in [6, 6.07) is 8.48. The van der Waals surface area contributed by atoms with Crippen LogP contribution in [0.25, 0.3) is 0 Å². The van der Waals surface area contributed by atoms with Crippen LogP contribution in [0, 0.1) is 5.92 Å². The molecule has 3 rings (SSSR count). The van der Waals surface area contributed by atoms with Crippen LogP contribution in [0.5, 0.6) is 0 Å². The molecule has 1 aromatic heterocycles. The van der Waals surface area contributed by atoms with E-state index in [0.29, 0.717) is 24.1 Å². The van der Waals surface area contributed by atoms with Crippen LogP contribution >= 0.6 is 0 Å². The van der Waals surface area contributed by atoms with Crippen molar-refractivity contribution in [3.63, 3.8) is 0 Å². The number of unbranched alkanes of at least 4 members (excludes halogenated alkanes) is 1. The fraction of sp³-hybridized carbons (Fsp3) is 0.526. The quantitative estimate of drug-likeness (QED) is 0.774. The van der Waals surface area contributed by atoms with Crippen LogP contribution in [0.15, 0.2) is 44.7 Å². The molecule has 25 heavy (non-hydrogen) atoms. The lowest BCUT2D eigenvalue weighted by molar-refractivity contribution is 0.405. The van der Waals surface area contributed by atoms with Gasteiger partial charge in [-0.1, -0.05) is 38.5 Å². The summed E-state index contributed by atoms with van der Waals surface area (Å²) in [6.45, 7) is 5.94. The van der Waals surface area contributed by atoms with E-state index in [1.165, 1.54) is 0 Å². The van der Waals surface area contributed by atoms with Crippen LogP contribution in [0.2, 0.25) is 0 Å². The molecule has 2 aromatic rings. The smallest absolute Gasteiger partial charge is 0.236 e. The highest BCUT2D eigenvalue weighted by Crippen LogP contribution is 2.33. The number of piperidine rings is 1. The van der Waals surface area contributed by atoms with Crippen LogP contribution in [0.3, 0.4) is 0 Å². The van der Waals surface area contributed by atoms with E-state index < -0.39 is 9.84 Å². The van der Waals surface area contributed by atoms with Gasteiger partial charge in [-0.05, 0) is 37.3 Å². The predicted octanol–water partition coefficient (Wildman–Crippen LogP) is 4.09. The zero-order chi connectivity index (χ0) is 17.9. The Labute approximate surface area is 150 Å². The summed E-state index contributed by atoms with van der Waals surface area (Å²) in [7, 11) is -3.68. The van der Waals surface area contributed by atoms with Crippen molar-refractivity contribution in [2.45, 2.75) is 55.9 Å². The molecule has 1 aromatic carbocycles. The van der Waals surface area contributed by atoms with Crippen molar-refractivity contribution in [1.29, 1.82) is 0 Å². The Hall–Kier alpha value is -1.82. The fourth-order valence-corrected chi connectivity index (χ4v) is 4.43. The number of hydrogen-bond acceptors (Lipinski definition) is 5. The second-order valence-electron chi connectivity index (χ2n) is 6.81. The standard InChI is InChI=1S/C19H26N2O3S/c1-3-4-10-17-20-18(25(22,23)16-8-6-5-7-9-16)19(24-17)21-13-11-15(2)12-14-21/h5-9,15H,3-4,10-14H2,1-2H3. The summed E-state index contributed by atoms with van der Waals surface area (Å²) in [5.41, 5.74) is 0. The van der Waals surface area contributed by atoms with Gasteiger partial charge in [0.25, 0.3) is 0 Å². The molecule has 1 aliphatic heterocycles. The summed E-state index contributed by atoms with van der Waals surface area (Å²) in [6.07, 6.45) is 4.69. The summed E-state index contributed by atoms with van der Waals surface area (Å²) >= 11 is 0. The molecule has 1 fully saturated rings. The first-order valence-corrected chi connectivity index (χ1v) is 10.6. The largest absolute Gasteiger partial charge is 0.424 e. The van der Waals surface area contributed by atoms with Gasteiger partial charge in [0.2, 0.25) is 20.7 Å². The average molecular weight is 362 g/mol. The molecule has 1 saturated heterocycles. The van der Waals surface area contributed by atoms with Gasteiger partial charge < -0.3 is 9.32 Å². The lowest BCUT2D eigenvalue weighted by atomic mass is 9.99. The zero-order valence-corrected chi connectivity index (χ0v) is 15.8. The number of nitrogens with zero attached hydrogens (tertiary/aromatic N) is 2.